The van der Waals surface area contributed by atoms with Gasteiger partial charge in [0.2, 0.25) is 0 Å². The summed E-state index contributed by atoms with van der Waals surface area (Å²) in [6.45, 7) is 1.96. The van der Waals surface area contributed by atoms with E-state index in [1.165, 1.54) is 6.08 Å². The van der Waals surface area contributed by atoms with Crippen molar-refractivity contribution in [1.29, 1.82) is 5.26 Å². The molecular formula is C10H9BrN2. The van der Waals surface area contributed by atoms with Crippen LogP contribution in [0.5, 0.6) is 0 Å². The van der Waals surface area contributed by atoms with Crippen molar-refractivity contribution in [2.45, 2.75) is 6.92 Å². The summed E-state index contributed by atoms with van der Waals surface area (Å²) in [6.07, 6.45) is 1.34. The Hall–Kier alpha value is -1.27. The largest absolute Gasteiger partial charge is 0.398 e. The Kier molecular flexibility index (Phi) is 3.10. The Labute approximate surface area is 85.8 Å². The van der Waals surface area contributed by atoms with Crippen LogP contribution in [0.2, 0.25) is 0 Å². The Morgan fingerprint density at radius 3 is 2.85 bits per heavy atom. The van der Waals surface area contributed by atoms with Crippen molar-refractivity contribution in [3.8, 4) is 6.07 Å². The molecule has 1 rings (SSSR count). The third-order valence-corrected chi connectivity index (χ3v) is 2.21. The van der Waals surface area contributed by atoms with E-state index in [0.29, 0.717) is 5.70 Å². The lowest BCUT2D eigenvalue weighted by Crippen LogP contribution is -1.98. The van der Waals surface area contributed by atoms with Crippen molar-refractivity contribution in [3.63, 3.8) is 0 Å². The second-order valence-corrected chi connectivity index (χ2v) is 3.60. The zero-order chi connectivity index (χ0) is 9.84. The molecule has 0 atom stereocenters. The first kappa shape index (κ1) is 9.82. The zero-order valence-electron chi connectivity index (χ0n) is 7.21. The van der Waals surface area contributed by atoms with Gasteiger partial charge in [0.1, 0.15) is 0 Å². The van der Waals surface area contributed by atoms with E-state index in [9.17, 15) is 0 Å². The average Bonchev–Trinajstić information content (AvgIpc) is 2.04. The first-order valence-electron chi connectivity index (χ1n) is 3.77. The van der Waals surface area contributed by atoms with Crippen LogP contribution in [-0.4, -0.2) is 0 Å². The summed E-state index contributed by atoms with van der Waals surface area (Å²) in [5.74, 6) is 0. The van der Waals surface area contributed by atoms with Crippen LogP contribution in [0.3, 0.4) is 0 Å². The van der Waals surface area contributed by atoms with E-state index in [2.05, 4.69) is 15.9 Å². The van der Waals surface area contributed by atoms with Gasteiger partial charge in [-0.2, -0.15) is 5.26 Å². The maximum atomic E-state index is 8.43. The summed E-state index contributed by atoms with van der Waals surface area (Å²) >= 11 is 3.36. The SMILES string of the molecule is Cc1cc(Br)ccc1/C(N)=C\C#N. The van der Waals surface area contributed by atoms with Crippen LogP contribution in [0.1, 0.15) is 11.1 Å². The van der Waals surface area contributed by atoms with Gasteiger partial charge in [0.25, 0.3) is 0 Å². The Morgan fingerprint density at radius 2 is 2.31 bits per heavy atom. The lowest BCUT2D eigenvalue weighted by atomic mass is 10.1. The lowest BCUT2D eigenvalue weighted by molar-refractivity contribution is 1.38. The number of hydrogen-bond acceptors (Lipinski definition) is 2. The van der Waals surface area contributed by atoms with Crippen molar-refractivity contribution in [2.24, 2.45) is 5.73 Å². The summed E-state index contributed by atoms with van der Waals surface area (Å²) in [4.78, 5) is 0. The first-order chi connectivity index (χ1) is 6.15. The molecule has 13 heavy (non-hydrogen) atoms. The van der Waals surface area contributed by atoms with Gasteiger partial charge in [0.05, 0.1) is 6.07 Å². The zero-order valence-corrected chi connectivity index (χ0v) is 8.80. The fraction of sp³-hybridized carbons (Fsp3) is 0.100. The van der Waals surface area contributed by atoms with E-state index in [0.717, 1.165) is 15.6 Å². The van der Waals surface area contributed by atoms with Gasteiger partial charge in [-0.1, -0.05) is 22.0 Å². The fourth-order valence-electron chi connectivity index (χ4n) is 1.10. The van der Waals surface area contributed by atoms with Crippen molar-refractivity contribution in [3.05, 3.63) is 39.9 Å². The summed E-state index contributed by atoms with van der Waals surface area (Å²) in [7, 11) is 0. The van der Waals surface area contributed by atoms with E-state index in [-0.39, 0.29) is 0 Å². The standard InChI is InChI=1S/C10H9BrN2/c1-7-6-8(11)2-3-9(7)10(13)4-5-12/h2-4,6H,13H2,1H3/b10-4+. The Morgan fingerprint density at radius 1 is 1.62 bits per heavy atom. The molecule has 1 aromatic rings. The van der Waals surface area contributed by atoms with Crippen LogP contribution >= 0.6 is 15.9 Å². The van der Waals surface area contributed by atoms with Gasteiger partial charge in [-0.05, 0) is 24.6 Å². The number of nitriles is 1. The second-order valence-electron chi connectivity index (χ2n) is 2.69. The highest BCUT2D eigenvalue weighted by Gasteiger charge is 2.00. The van der Waals surface area contributed by atoms with Crippen molar-refractivity contribution < 1.29 is 0 Å². The molecule has 1 aromatic carbocycles. The van der Waals surface area contributed by atoms with Gasteiger partial charge in [0, 0.05) is 21.8 Å². The van der Waals surface area contributed by atoms with E-state index in [1.807, 2.05) is 31.2 Å². The number of nitrogens with two attached hydrogens (primary N) is 1. The summed E-state index contributed by atoms with van der Waals surface area (Å²) in [5, 5.41) is 8.43. The molecule has 0 amide bonds. The fourth-order valence-corrected chi connectivity index (χ4v) is 1.57. The molecule has 66 valence electrons. The second kappa shape index (κ2) is 4.11. The molecular weight excluding hydrogens is 228 g/mol. The molecule has 0 bridgehead atoms. The molecule has 0 saturated heterocycles. The van der Waals surface area contributed by atoms with E-state index in [4.69, 9.17) is 11.0 Å². The minimum atomic E-state index is 0.507. The normalized spacial score (nSPS) is 11.0. The number of hydrogen-bond donors (Lipinski definition) is 1. The molecule has 0 aliphatic carbocycles. The summed E-state index contributed by atoms with van der Waals surface area (Å²) in [6, 6.07) is 7.67. The molecule has 0 radical (unpaired) electrons. The highest BCUT2D eigenvalue weighted by Crippen LogP contribution is 2.19. The molecule has 0 saturated carbocycles. The third-order valence-electron chi connectivity index (χ3n) is 1.72. The van der Waals surface area contributed by atoms with Crippen molar-refractivity contribution in [2.75, 3.05) is 0 Å². The maximum Gasteiger partial charge on any atom is 0.0933 e. The van der Waals surface area contributed by atoms with E-state index >= 15 is 0 Å². The monoisotopic (exact) mass is 236 g/mol. The van der Waals surface area contributed by atoms with Gasteiger partial charge >= 0.3 is 0 Å². The van der Waals surface area contributed by atoms with E-state index in [1.54, 1.807) is 0 Å². The van der Waals surface area contributed by atoms with Crippen LogP contribution in [0.25, 0.3) is 5.70 Å². The van der Waals surface area contributed by atoms with Crippen LogP contribution in [0.4, 0.5) is 0 Å². The Balaban J connectivity index is 3.18. The highest BCUT2D eigenvalue weighted by atomic mass is 79.9. The van der Waals surface area contributed by atoms with Gasteiger partial charge in [-0.25, -0.2) is 0 Å². The number of halogens is 1. The maximum absolute atomic E-state index is 8.43. The van der Waals surface area contributed by atoms with Gasteiger partial charge < -0.3 is 5.73 Å². The topological polar surface area (TPSA) is 49.8 Å². The minimum absolute atomic E-state index is 0.507. The number of allylic oxidation sites excluding steroid dienone is 1. The number of rotatable bonds is 1. The number of aryl methyl sites for hydroxylation is 1. The predicted molar refractivity (Wildman–Crippen MR) is 56.7 cm³/mol. The van der Waals surface area contributed by atoms with Gasteiger partial charge in [-0.3, -0.25) is 0 Å². The molecule has 0 aliphatic heterocycles. The quantitative estimate of drug-likeness (QED) is 0.763. The first-order valence-corrected chi connectivity index (χ1v) is 4.56. The van der Waals surface area contributed by atoms with Crippen LogP contribution in [-0.2, 0) is 0 Å². The highest BCUT2D eigenvalue weighted by molar-refractivity contribution is 9.10. The number of nitrogens with zero attached hydrogens (tertiary/aromatic N) is 1. The molecule has 3 heteroatoms. The summed E-state index contributed by atoms with van der Waals surface area (Å²) < 4.78 is 1.01. The number of benzene rings is 1. The molecule has 0 heterocycles. The van der Waals surface area contributed by atoms with Gasteiger partial charge in [-0.15, -0.1) is 0 Å². The van der Waals surface area contributed by atoms with Crippen molar-refractivity contribution in [1.82, 2.24) is 0 Å². The van der Waals surface area contributed by atoms with Gasteiger partial charge in [0.15, 0.2) is 0 Å². The Bertz CT molecular complexity index is 388. The van der Waals surface area contributed by atoms with Crippen LogP contribution < -0.4 is 5.73 Å². The van der Waals surface area contributed by atoms with Crippen LogP contribution in [0, 0.1) is 18.3 Å². The third kappa shape index (κ3) is 2.33. The molecule has 2 nitrogen and oxygen atoms in total. The molecule has 0 spiro atoms. The molecule has 0 unspecified atom stereocenters. The average molecular weight is 237 g/mol. The molecule has 0 aliphatic rings. The summed E-state index contributed by atoms with van der Waals surface area (Å²) in [5.41, 5.74) is 8.15. The van der Waals surface area contributed by atoms with Crippen molar-refractivity contribution >= 4 is 21.6 Å². The predicted octanol–water partition coefficient (Wildman–Crippen LogP) is 2.58. The molecule has 2 N–H and O–H groups in total. The van der Waals surface area contributed by atoms with Crippen LogP contribution in [0.15, 0.2) is 28.7 Å². The lowest BCUT2D eigenvalue weighted by Gasteiger charge is -2.04. The molecule has 0 fully saturated rings. The smallest absolute Gasteiger partial charge is 0.0933 e. The van der Waals surface area contributed by atoms with E-state index < -0.39 is 0 Å². The minimum Gasteiger partial charge on any atom is -0.398 e. The molecule has 0 aromatic heterocycles.